The van der Waals surface area contributed by atoms with Crippen molar-refractivity contribution in [3.63, 3.8) is 0 Å². The maximum absolute atomic E-state index is 2.47. The molecule has 0 aromatic heterocycles. The van der Waals surface area contributed by atoms with Gasteiger partial charge in [-0.2, -0.15) is 0 Å². The molecule has 0 saturated heterocycles. The highest BCUT2D eigenvalue weighted by Crippen LogP contribution is 2.43. The van der Waals surface area contributed by atoms with Gasteiger partial charge in [-0.25, -0.2) is 0 Å². The Labute approximate surface area is 70.4 Å². The predicted molar refractivity (Wildman–Crippen MR) is 48.5 cm³/mol. The van der Waals surface area contributed by atoms with Crippen LogP contribution in [0.2, 0.25) is 0 Å². The van der Waals surface area contributed by atoms with E-state index in [2.05, 4.69) is 6.92 Å². The lowest BCUT2D eigenvalue weighted by Gasteiger charge is -2.39. The van der Waals surface area contributed by atoms with Gasteiger partial charge in [-0.05, 0) is 24.2 Å². The molecule has 0 aromatic carbocycles. The van der Waals surface area contributed by atoms with Gasteiger partial charge in [0.15, 0.2) is 0 Å². The van der Waals surface area contributed by atoms with Crippen molar-refractivity contribution < 1.29 is 0 Å². The molecule has 0 amide bonds. The Morgan fingerprint density at radius 3 is 2.36 bits per heavy atom. The van der Waals surface area contributed by atoms with Crippen LogP contribution in [0.25, 0.3) is 0 Å². The lowest BCUT2D eigenvalue weighted by molar-refractivity contribution is 0.114. The zero-order valence-electron chi connectivity index (χ0n) is 7.68. The van der Waals surface area contributed by atoms with E-state index in [0.29, 0.717) is 0 Å². The molecule has 0 heterocycles. The highest BCUT2D eigenvalue weighted by Gasteiger charge is 2.31. The predicted octanol–water partition coefficient (Wildman–Crippen LogP) is 3.61. The summed E-state index contributed by atoms with van der Waals surface area (Å²) in [6.07, 6.45) is 10.7. The lowest BCUT2D eigenvalue weighted by Crippen LogP contribution is -2.29. The summed E-state index contributed by atoms with van der Waals surface area (Å²) in [5.41, 5.74) is 0. The molecule has 0 N–H and O–H groups in total. The minimum absolute atomic E-state index is 1.05. The monoisotopic (exact) mass is 152 g/mol. The van der Waals surface area contributed by atoms with Crippen LogP contribution in [0.4, 0.5) is 0 Å². The van der Waals surface area contributed by atoms with Crippen molar-refractivity contribution in [3.8, 4) is 0 Å². The first-order chi connectivity index (χ1) is 5.38. The average Bonchev–Trinajstić information content (AvgIpc) is 2.06. The summed E-state index contributed by atoms with van der Waals surface area (Å²) < 4.78 is 0. The Bertz CT molecular complexity index is 126. The summed E-state index contributed by atoms with van der Waals surface area (Å²) in [5.74, 6) is 3.30. The van der Waals surface area contributed by atoms with Gasteiger partial charge in [0, 0.05) is 0 Å². The molecule has 0 heteroatoms. The Hall–Kier alpha value is 0. The Kier molecular flexibility index (Phi) is 2.20. The molecule has 2 rings (SSSR count). The van der Waals surface area contributed by atoms with E-state index < -0.39 is 0 Å². The SMILES string of the molecule is C[C@@H]1CCC[C@H]2CCCC[C@H]21. The van der Waals surface area contributed by atoms with Crippen molar-refractivity contribution in [2.75, 3.05) is 0 Å². The van der Waals surface area contributed by atoms with Crippen LogP contribution in [0.15, 0.2) is 0 Å². The Morgan fingerprint density at radius 2 is 1.55 bits per heavy atom. The van der Waals surface area contributed by atoms with E-state index in [9.17, 15) is 0 Å². The average molecular weight is 152 g/mol. The van der Waals surface area contributed by atoms with Gasteiger partial charge in [-0.15, -0.1) is 0 Å². The van der Waals surface area contributed by atoms with Gasteiger partial charge in [0.2, 0.25) is 0 Å². The molecule has 0 radical (unpaired) electrons. The van der Waals surface area contributed by atoms with E-state index in [4.69, 9.17) is 0 Å². The normalized spacial score (nSPS) is 45.0. The second kappa shape index (κ2) is 3.16. The third-order valence-electron chi connectivity index (χ3n) is 3.93. The highest BCUT2D eigenvalue weighted by atomic mass is 14.4. The standard InChI is InChI=1S/C11H20/c1-9-5-4-7-10-6-2-3-8-11(9)10/h9-11H,2-8H2,1H3/t9-,10-,11+/m1/s1. The van der Waals surface area contributed by atoms with E-state index in [1.54, 1.807) is 19.3 Å². The van der Waals surface area contributed by atoms with Crippen LogP contribution in [0, 0.1) is 17.8 Å². The minimum Gasteiger partial charge on any atom is -0.0622 e. The molecule has 0 bridgehead atoms. The number of hydrogen-bond donors (Lipinski definition) is 0. The van der Waals surface area contributed by atoms with Crippen LogP contribution in [-0.4, -0.2) is 0 Å². The van der Waals surface area contributed by atoms with E-state index in [-0.39, 0.29) is 0 Å². The molecule has 0 aliphatic heterocycles. The van der Waals surface area contributed by atoms with Crippen LogP contribution in [-0.2, 0) is 0 Å². The van der Waals surface area contributed by atoms with Crippen LogP contribution in [0.1, 0.15) is 51.9 Å². The first kappa shape index (κ1) is 7.64. The zero-order chi connectivity index (χ0) is 7.68. The fraction of sp³-hybridized carbons (Fsp3) is 1.00. The van der Waals surface area contributed by atoms with Crippen LogP contribution >= 0.6 is 0 Å². The third kappa shape index (κ3) is 1.45. The van der Waals surface area contributed by atoms with Gasteiger partial charge >= 0.3 is 0 Å². The smallest absolute Gasteiger partial charge is 0.0360 e. The van der Waals surface area contributed by atoms with E-state index in [1.165, 1.54) is 25.7 Å². The first-order valence-electron chi connectivity index (χ1n) is 5.38. The van der Waals surface area contributed by atoms with Crippen molar-refractivity contribution in [2.24, 2.45) is 17.8 Å². The van der Waals surface area contributed by atoms with Crippen molar-refractivity contribution in [3.05, 3.63) is 0 Å². The van der Waals surface area contributed by atoms with Gasteiger partial charge in [-0.3, -0.25) is 0 Å². The van der Waals surface area contributed by atoms with Gasteiger partial charge < -0.3 is 0 Å². The quantitative estimate of drug-likeness (QED) is 0.497. The Morgan fingerprint density at radius 1 is 0.818 bits per heavy atom. The molecule has 11 heavy (non-hydrogen) atoms. The van der Waals surface area contributed by atoms with E-state index in [0.717, 1.165) is 17.8 Å². The maximum Gasteiger partial charge on any atom is -0.0360 e. The topological polar surface area (TPSA) is 0 Å². The van der Waals surface area contributed by atoms with Crippen LogP contribution < -0.4 is 0 Å². The van der Waals surface area contributed by atoms with Gasteiger partial charge in [0.05, 0.1) is 0 Å². The fourth-order valence-electron chi connectivity index (χ4n) is 3.26. The molecule has 0 aromatic rings. The molecule has 2 saturated carbocycles. The van der Waals surface area contributed by atoms with Crippen molar-refractivity contribution in [2.45, 2.75) is 51.9 Å². The van der Waals surface area contributed by atoms with Crippen molar-refractivity contribution >= 4 is 0 Å². The highest BCUT2D eigenvalue weighted by molar-refractivity contribution is 4.82. The summed E-state index contributed by atoms with van der Waals surface area (Å²) in [4.78, 5) is 0. The number of fused-ring (bicyclic) bond motifs is 1. The number of rotatable bonds is 0. The molecule has 3 atom stereocenters. The first-order valence-corrected chi connectivity index (χ1v) is 5.38. The third-order valence-corrected chi connectivity index (χ3v) is 3.93. The fourth-order valence-corrected chi connectivity index (χ4v) is 3.26. The van der Waals surface area contributed by atoms with Crippen molar-refractivity contribution in [1.29, 1.82) is 0 Å². The second-order valence-corrected chi connectivity index (χ2v) is 4.62. The summed E-state index contributed by atoms with van der Waals surface area (Å²) in [5, 5.41) is 0. The summed E-state index contributed by atoms with van der Waals surface area (Å²) in [7, 11) is 0. The van der Waals surface area contributed by atoms with Crippen LogP contribution in [0.3, 0.4) is 0 Å². The Balaban J connectivity index is 1.99. The largest absolute Gasteiger partial charge is 0.0622 e. The summed E-state index contributed by atoms with van der Waals surface area (Å²) in [6.45, 7) is 2.47. The molecule has 0 spiro atoms. The molecule has 2 fully saturated rings. The van der Waals surface area contributed by atoms with Crippen molar-refractivity contribution in [1.82, 2.24) is 0 Å². The molecular formula is C11H20. The van der Waals surface area contributed by atoms with Gasteiger partial charge in [-0.1, -0.05) is 45.4 Å². The summed E-state index contributed by atoms with van der Waals surface area (Å²) >= 11 is 0. The van der Waals surface area contributed by atoms with Gasteiger partial charge in [0.1, 0.15) is 0 Å². The second-order valence-electron chi connectivity index (χ2n) is 4.62. The molecular weight excluding hydrogens is 132 g/mol. The molecule has 0 nitrogen and oxygen atoms in total. The molecule has 0 unspecified atom stereocenters. The van der Waals surface area contributed by atoms with E-state index in [1.807, 2.05) is 0 Å². The van der Waals surface area contributed by atoms with E-state index >= 15 is 0 Å². The number of hydrogen-bond acceptors (Lipinski definition) is 0. The minimum atomic E-state index is 1.05. The lowest BCUT2D eigenvalue weighted by atomic mass is 9.66. The molecule has 64 valence electrons. The molecule has 2 aliphatic carbocycles. The zero-order valence-corrected chi connectivity index (χ0v) is 7.68. The summed E-state index contributed by atoms with van der Waals surface area (Å²) in [6, 6.07) is 0. The van der Waals surface area contributed by atoms with Gasteiger partial charge in [0.25, 0.3) is 0 Å². The molecule has 2 aliphatic rings. The maximum atomic E-state index is 2.47. The van der Waals surface area contributed by atoms with Crippen LogP contribution in [0.5, 0.6) is 0 Å².